The van der Waals surface area contributed by atoms with Crippen LogP contribution in [0, 0.1) is 0 Å². The molecule has 0 aliphatic carbocycles. The van der Waals surface area contributed by atoms with E-state index in [9.17, 15) is 13.5 Å². The van der Waals surface area contributed by atoms with Crippen molar-refractivity contribution in [1.82, 2.24) is 0 Å². The smallest absolute Gasteiger partial charge is 0.178 e. The Morgan fingerprint density at radius 3 is 2.71 bits per heavy atom. The van der Waals surface area contributed by atoms with Crippen LogP contribution in [0.4, 0.5) is 0 Å². The minimum absolute atomic E-state index is 0.255. The van der Waals surface area contributed by atoms with Crippen LogP contribution in [0.25, 0.3) is 0 Å². The van der Waals surface area contributed by atoms with Crippen molar-refractivity contribution < 1.29 is 13.5 Å². The van der Waals surface area contributed by atoms with Crippen LogP contribution < -0.4 is 0 Å². The van der Waals surface area contributed by atoms with Gasteiger partial charge in [-0.25, -0.2) is 8.42 Å². The van der Waals surface area contributed by atoms with Crippen molar-refractivity contribution in [2.75, 3.05) is 5.75 Å². The third-order valence-corrected chi connectivity index (χ3v) is 4.85. The molecule has 1 heterocycles. The standard InChI is InChI=1S/C13H18O3S/c1-13(2,14)9-10-5-6-12-11(8-10)4-3-7-17(12,15)16/h5-6,8,14H,3-4,7,9H2,1-2H3. The second kappa shape index (κ2) is 4.10. The van der Waals surface area contributed by atoms with Gasteiger partial charge in [-0.1, -0.05) is 12.1 Å². The SMILES string of the molecule is CC(C)(O)Cc1ccc2c(c1)CCCS2(=O)=O. The van der Waals surface area contributed by atoms with Crippen molar-refractivity contribution in [3.8, 4) is 0 Å². The molecule has 17 heavy (non-hydrogen) atoms. The van der Waals surface area contributed by atoms with Gasteiger partial charge in [-0.2, -0.15) is 0 Å². The van der Waals surface area contributed by atoms with Crippen molar-refractivity contribution in [2.45, 2.75) is 43.6 Å². The van der Waals surface area contributed by atoms with Crippen molar-refractivity contribution in [3.63, 3.8) is 0 Å². The lowest BCUT2D eigenvalue weighted by Gasteiger charge is -2.20. The Hall–Kier alpha value is -0.870. The molecule has 0 unspecified atom stereocenters. The molecule has 1 aromatic carbocycles. The number of rotatable bonds is 2. The van der Waals surface area contributed by atoms with Gasteiger partial charge in [0.1, 0.15) is 0 Å². The summed E-state index contributed by atoms with van der Waals surface area (Å²) in [5, 5.41) is 9.76. The van der Waals surface area contributed by atoms with Gasteiger partial charge < -0.3 is 5.11 Å². The third kappa shape index (κ3) is 2.87. The third-order valence-electron chi connectivity index (χ3n) is 2.96. The van der Waals surface area contributed by atoms with Crippen molar-refractivity contribution in [2.24, 2.45) is 0 Å². The van der Waals surface area contributed by atoms with Crippen LogP contribution in [0.2, 0.25) is 0 Å². The van der Waals surface area contributed by atoms with Crippen LogP contribution >= 0.6 is 0 Å². The highest BCUT2D eigenvalue weighted by molar-refractivity contribution is 7.91. The first-order valence-electron chi connectivity index (χ1n) is 5.85. The van der Waals surface area contributed by atoms with Gasteiger partial charge in [-0.15, -0.1) is 0 Å². The minimum Gasteiger partial charge on any atom is -0.390 e. The largest absolute Gasteiger partial charge is 0.390 e. The average molecular weight is 254 g/mol. The summed E-state index contributed by atoms with van der Waals surface area (Å²) >= 11 is 0. The summed E-state index contributed by atoms with van der Waals surface area (Å²) in [5.74, 6) is 0.255. The lowest BCUT2D eigenvalue weighted by atomic mass is 9.96. The summed E-state index contributed by atoms with van der Waals surface area (Å²) < 4.78 is 23.6. The quantitative estimate of drug-likeness (QED) is 0.874. The van der Waals surface area contributed by atoms with E-state index in [0.29, 0.717) is 17.7 Å². The second-order valence-electron chi connectivity index (χ2n) is 5.35. The zero-order valence-corrected chi connectivity index (χ0v) is 11.0. The molecule has 3 nitrogen and oxygen atoms in total. The first-order valence-corrected chi connectivity index (χ1v) is 7.50. The molecule has 0 saturated heterocycles. The van der Waals surface area contributed by atoms with Crippen LogP contribution in [0.3, 0.4) is 0 Å². The highest BCUT2D eigenvalue weighted by atomic mass is 32.2. The molecule has 0 radical (unpaired) electrons. The van der Waals surface area contributed by atoms with Crippen molar-refractivity contribution in [3.05, 3.63) is 29.3 Å². The molecule has 0 bridgehead atoms. The van der Waals surface area contributed by atoms with Gasteiger partial charge in [0.2, 0.25) is 0 Å². The zero-order valence-electron chi connectivity index (χ0n) is 10.2. The second-order valence-corrected chi connectivity index (χ2v) is 7.43. The maximum Gasteiger partial charge on any atom is 0.178 e. The molecule has 0 spiro atoms. The molecular weight excluding hydrogens is 236 g/mol. The van der Waals surface area contributed by atoms with E-state index < -0.39 is 15.4 Å². The number of benzene rings is 1. The summed E-state index contributed by atoms with van der Waals surface area (Å²) in [5.41, 5.74) is 1.13. The van der Waals surface area contributed by atoms with Crippen LogP contribution in [0.15, 0.2) is 23.1 Å². The fourth-order valence-electron chi connectivity index (χ4n) is 2.30. The molecule has 1 aliphatic rings. The van der Waals surface area contributed by atoms with E-state index in [1.54, 1.807) is 26.0 Å². The Kier molecular flexibility index (Phi) is 3.04. The molecule has 1 aromatic rings. The summed E-state index contributed by atoms with van der Waals surface area (Å²) in [7, 11) is -3.07. The van der Waals surface area contributed by atoms with Gasteiger partial charge in [0.25, 0.3) is 0 Å². The topological polar surface area (TPSA) is 54.4 Å². The average Bonchev–Trinajstić information content (AvgIpc) is 2.13. The maximum atomic E-state index is 11.8. The normalized spacial score (nSPS) is 18.8. The maximum absolute atomic E-state index is 11.8. The van der Waals surface area contributed by atoms with Crippen LogP contribution in [0.5, 0.6) is 0 Å². The van der Waals surface area contributed by atoms with E-state index in [-0.39, 0.29) is 5.75 Å². The lowest BCUT2D eigenvalue weighted by Crippen LogP contribution is -2.22. The molecular formula is C13H18O3S. The number of aliphatic hydroxyl groups is 1. The molecule has 1 aliphatic heterocycles. The Labute approximate surface area is 102 Å². The van der Waals surface area contributed by atoms with E-state index >= 15 is 0 Å². The summed E-state index contributed by atoms with van der Waals surface area (Å²) in [6, 6.07) is 5.41. The Morgan fingerprint density at radius 1 is 1.35 bits per heavy atom. The molecule has 2 rings (SSSR count). The molecule has 4 heteroatoms. The predicted molar refractivity (Wildman–Crippen MR) is 66.8 cm³/mol. The first-order chi connectivity index (χ1) is 7.78. The van der Waals surface area contributed by atoms with E-state index in [1.165, 1.54) is 0 Å². The van der Waals surface area contributed by atoms with Gasteiger partial charge in [0.15, 0.2) is 9.84 Å². The molecule has 94 valence electrons. The van der Waals surface area contributed by atoms with E-state index in [0.717, 1.165) is 17.5 Å². The van der Waals surface area contributed by atoms with E-state index in [1.807, 2.05) is 6.07 Å². The fourth-order valence-corrected chi connectivity index (χ4v) is 3.88. The fraction of sp³-hybridized carbons (Fsp3) is 0.538. The molecule has 1 N–H and O–H groups in total. The van der Waals surface area contributed by atoms with Gasteiger partial charge >= 0.3 is 0 Å². The van der Waals surface area contributed by atoms with Crippen LogP contribution in [0.1, 0.15) is 31.4 Å². The highest BCUT2D eigenvalue weighted by Crippen LogP contribution is 2.27. The number of fused-ring (bicyclic) bond motifs is 1. The molecule has 0 fully saturated rings. The van der Waals surface area contributed by atoms with Gasteiger partial charge in [0.05, 0.1) is 16.2 Å². The summed E-state index contributed by atoms with van der Waals surface area (Å²) in [6.45, 7) is 3.51. The zero-order chi connectivity index (χ0) is 12.7. The van der Waals surface area contributed by atoms with Gasteiger partial charge in [0, 0.05) is 6.42 Å². The van der Waals surface area contributed by atoms with E-state index in [2.05, 4.69) is 0 Å². The van der Waals surface area contributed by atoms with Crippen molar-refractivity contribution >= 4 is 9.84 Å². The number of sulfone groups is 1. The highest BCUT2D eigenvalue weighted by Gasteiger charge is 2.24. The predicted octanol–water partition coefficient (Wildman–Crippen LogP) is 1.72. The molecule has 0 amide bonds. The van der Waals surface area contributed by atoms with E-state index in [4.69, 9.17) is 0 Å². The molecule has 0 atom stereocenters. The van der Waals surface area contributed by atoms with Gasteiger partial charge in [-0.05, 0) is 43.9 Å². The summed E-state index contributed by atoms with van der Waals surface area (Å²) in [6.07, 6.45) is 2.05. The molecule has 0 aromatic heterocycles. The Balaban J connectivity index is 2.39. The minimum atomic E-state index is -3.07. The van der Waals surface area contributed by atoms with Crippen molar-refractivity contribution in [1.29, 1.82) is 0 Å². The Bertz CT molecular complexity index is 524. The number of hydrogen-bond donors (Lipinski definition) is 1. The lowest BCUT2D eigenvalue weighted by molar-refractivity contribution is 0.0810. The molecule has 0 saturated carbocycles. The van der Waals surface area contributed by atoms with Crippen LogP contribution in [-0.4, -0.2) is 24.9 Å². The Morgan fingerprint density at radius 2 is 2.06 bits per heavy atom. The number of aryl methyl sites for hydroxylation is 1. The number of hydrogen-bond acceptors (Lipinski definition) is 3. The first kappa shape index (κ1) is 12.6. The summed E-state index contributed by atoms with van der Waals surface area (Å²) in [4.78, 5) is 0.475. The van der Waals surface area contributed by atoms with Crippen LogP contribution in [-0.2, 0) is 22.7 Å². The van der Waals surface area contributed by atoms with Gasteiger partial charge in [-0.3, -0.25) is 0 Å². The monoisotopic (exact) mass is 254 g/mol.